The monoisotopic (exact) mass is 325 g/mol. The van der Waals surface area contributed by atoms with Gasteiger partial charge in [0.1, 0.15) is 5.82 Å². The number of nitrogens with zero attached hydrogens (tertiary/aromatic N) is 7. The molecule has 8 nitrogen and oxygen atoms in total. The van der Waals surface area contributed by atoms with Gasteiger partial charge in [0.05, 0.1) is 12.8 Å². The average Bonchev–Trinajstić information content (AvgIpc) is 3.02. The molecule has 8 heteroatoms. The summed E-state index contributed by atoms with van der Waals surface area (Å²) in [5.41, 5.74) is 0.781. The Morgan fingerprint density at radius 2 is 2.04 bits per heavy atom. The normalized spacial score (nSPS) is 15.8. The van der Waals surface area contributed by atoms with E-state index < -0.39 is 0 Å². The van der Waals surface area contributed by atoms with Crippen molar-refractivity contribution in [1.29, 1.82) is 0 Å². The fraction of sp³-hybridized carbons (Fsp3) is 0.438. The predicted molar refractivity (Wildman–Crippen MR) is 88.0 cm³/mol. The van der Waals surface area contributed by atoms with Gasteiger partial charge in [-0.3, -0.25) is 4.98 Å². The van der Waals surface area contributed by atoms with E-state index in [1.807, 2.05) is 19.1 Å². The second-order valence-corrected chi connectivity index (χ2v) is 5.99. The van der Waals surface area contributed by atoms with Crippen LogP contribution in [0.25, 0.3) is 5.65 Å². The fourth-order valence-corrected chi connectivity index (χ4v) is 2.95. The van der Waals surface area contributed by atoms with Gasteiger partial charge in [-0.25, -0.2) is 4.98 Å². The summed E-state index contributed by atoms with van der Waals surface area (Å²) in [4.78, 5) is 10.5. The molecule has 0 N–H and O–H groups in total. The molecule has 24 heavy (non-hydrogen) atoms. The Bertz CT molecular complexity index is 812. The summed E-state index contributed by atoms with van der Waals surface area (Å²) in [6.45, 7) is 4.53. The van der Waals surface area contributed by atoms with E-state index in [9.17, 15) is 0 Å². The van der Waals surface area contributed by atoms with Crippen molar-refractivity contribution < 1.29 is 4.74 Å². The molecule has 0 aliphatic carbocycles. The minimum absolute atomic E-state index is 0.531. The fourth-order valence-electron chi connectivity index (χ4n) is 2.95. The zero-order valence-electron chi connectivity index (χ0n) is 13.5. The number of fused-ring (bicyclic) bond motifs is 1. The van der Waals surface area contributed by atoms with Gasteiger partial charge in [0.2, 0.25) is 5.88 Å². The SMILES string of the molecule is Cc1nnc2ccc(N3CCC(COc4cnccn4)CC3)nn12. The summed E-state index contributed by atoms with van der Waals surface area (Å²) in [7, 11) is 0. The third-order valence-electron chi connectivity index (χ3n) is 4.35. The van der Waals surface area contributed by atoms with Gasteiger partial charge in [0.15, 0.2) is 11.5 Å². The van der Waals surface area contributed by atoms with Gasteiger partial charge in [-0.1, -0.05) is 0 Å². The van der Waals surface area contributed by atoms with E-state index >= 15 is 0 Å². The molecule has 0 unspecified atom stereocenters. The Kier molecular flexibility index (Phi) is 3.94. The van der Waals surface area contributed by atoms with Crippen LogP contribution in [0.3, 0.4) is 0 Å². The maximum Gasteiger partial charge on any atom is 0.232 e. The average molecular weight is 325 g/mol. The van der Waals surface area contributed by atoms with Gasteiger partial charge < -0.3 is 9.64 Å². The number of hydrogen-bond acceptors (Lipinski definition) is 7. The zero-order valence-corrected chi connectivity index (χ0v) is 13.5. The molecule has 4 rings (SSSR count). The zero-order chi connectivity index (χ0) is 16.4. The molecule has 1 fully saturated rings. The lowest BCUT2D eigenvalue weighted by atomic mass is 9.98. The summed E-state index contributed by atoms with van der Waals surface area (Å²) < 4.78 is 7.51. The van der Waals surface area contributed by atoms with E-state index in [0.717, 1.165) is 43.2 Å². The molecule has 4 heterocycles. The molecule has 3 aromatic heterocycles. The summed E-state index contributed by atoms with van der Waals surface area (Å²) in [6, 6.07) is 3.98. The van der Waals surface area contributed by atoms with E-state index in [4.69, 9.17) is 4.74 Å². The van der Waals surface area contributed by atoms with E-state index in [0.29, 0.717) is 18.4 Å². The van der Waals surface area contributed by atoms with Crippen molar-refractivity contribution in [2.24, 2.45) is 5.92 Å². The van der Waals surface area contributed by atoms with Crippen molar-refractivity contribution in [3.05, 3.63) is 36.5 Å². The highest BCUT2D eigenvalue weighted by molar-refractivity contribution is 5.45. The minimum Gasteiger partial charge on any atom is -0.476 e. The topological polar surface area (TPSA) is 81.3 Å². The lowest BCUT2D eigenvalue weighted by Crippen LogP contribution is -2.36. The lowest BCUT2D eigenvalue weighted by Gasteiger charge is -2.32. The molecule has 0 amide bonds. The molecule has 0 bridgehead atoms. The van der Waals surface area contributed by atoms with Crippen LogP contribution in [0.5, 0.6) is 5.88 Å². The highest BCUT2D eigenvalue weighted by Crippen LogP contribution is 2.22. The number of aromatic nitrogens is 6. The van der Waals surface area contributed by atoms with Crippen LogP contribution >= 0.6 is 0 Å². The summed E-state index contributed by atoms with van der Waals surface area (Å²) in [5.74, 6) is 2.90. The molecule has 0 radical (unpaired) electrons. The smallest absolute Gasteiger partial charge is 0.232 e. The first-order chi connectivity index (χ1) is 11.8. The highest BCUT2D eigenvalue weighted by Gasteiger charge is 2.21. The van der Waals surface area contributed by atoms with Crippen LogP contribution in [0.15, 0.2) is 30.7 Å². The van der Waals surface area contributed by atoms with Crippen molar-refractivity contribution >= 4 is 11.5 Å². The van der Waals surface area contributed by atoms with Gasteiger partial charge in [0.25, 0.3) is 0 Å². The maximum absolute atomic E-state index is 5.72. The quantitative estimate of drug-likeness (QED) is 0.719. The van der Waals surface area contributed by atoms with Gasteiger partial charge in [-0.05, 0) is 37.8 Å². The number of anilines is 1. The van der Waals surface area contributed by atoms with Crippen LogP contribution in [0.4, 0.5) is 5.82 Å². The van der Waals surface area contributed by atoms with Gasteiger partial charge >= 0.3 is 0 Å². The van der Waals surface area contributed by atoms with E-state index in [1.54, 1.807) is 23.1 Å². The standard InChI is InChI=1S/C16H19N7O/c1-12-19-20-14-2-3-15(21-23(12)14)22-8-4-13(5-9-22)11-24-16-10-17-6-7-18-16/h2-3,6-7,10,13H,4-5,8-9,11H2,1H3. The van der Waals surface area contributed by atoms with Crippen LogP contribution in [0.1, 0.15) is 18.7 Å². The van der Waals surface area contributed by atoms with Gasteiger partial charge in [-0.2, -0.15) is 4.52 Å². The molecule has 1 aliphatic rings. The van der Waals surface area contributed by atoms with Crippen LogP contribution in [0, 0.1) is 12.8 Å². The van der Waals surface area contributed by atoms with Crippen LogP contribution in [-0.4, -0.2) is 49.5 Å². The number of aryl methyl sites for hydroxylation is 1. The Morgan fingerprint density at radius 3 is 2.83 bits per heavy atom. The predicted octanol–water partition coefficient (Wildman–Crippen LogP) is 1.52. The molecule has 1 saturated heterocycles. The summed E-state index contributed by atoms with van der Waals surface area (Å²) in [5, 5.41) is 12.8. The molecule has 3 aromatic rings. The Morgan fingerprint density at radius 1 is 1.17 bits per heavy atom. The number of hydrogen-bond donors (Lipinski definition) is 0. The van der Waals surface area contributed by atoms with Crippen molar-refractivity contribution in [3.63, 3.8) is 0 Å². The second kappa shape index (κ2) is 6.38. The molecule has 0 saturated carbocycles. The molecule has 0 aromatic carbocycles. The van der Waals surface area contributed by atoms with Crippen molar-refractivity contribution in [1.82, 2.24) is 29.8 Å². The summed E-state index contributed by atoms with van der Waals surface area (Å²) in [6.07, 6.45) is 7.08. The molecular formula is C16H19N7O. The molecule has 1 aliphatic heterocycles. The minimum atomic E-state index is 0.531. The molecule has 124 valence electrons. The van der Waals surface area contributed by atoms with Gasteiger partial charge in [0, 0.05) is 25.5 Å². The Hall–Kier alpha value is -2.77. The van der Waals surface area contributed by atoms with Crippen molar-refractivity contribution in [3.8, 4) is 5.88 Å². The van der Waals surface area contributed by atoms with Crippen LogP contribution in [0.2, 0.25) is 0 Å². The number of ether oxygens (including phenoxy) is 1. The second-order valence-electron chi connectivity index (χ2n) is 5.99. The van der Waals surface area contributed by atoms with E-state index in [2.05, 4.69) is 30.2 Å². The molecule has 0 spiro atoms. The number of rotatable bonds is 4. The van der Waals surface area contributed by atoms with Crippen molar-refractivity contribution in [2.75, 3.05) is 24.6 Å². The lowest BCUT2D eigenvalue weighted by molar-refractivity contribution is 0.215. The number of piperidine rings is 1. The first-order valence-corrected chi connectivity index (χ1v) is 8.12. The largest absolute Gasteiger partial charge is 0.476 e. The third-order valence-corrected chi connectivity index (χ3v) is 4.35. The third kappa shape index (κ3) is 2.99. The highest BCUT2D eigenvalue weighted by atomic mass is 16.5. The maximum atomic E-state index is 5.72. The van der Waals surface area contributed by atoms with Crippen LogP contribution < -0.4 is 9.64 Å². The first-order valence-electron chi connectivity index (χ1n) is 8.12. The Labute approximate surface area is 139 Å². The molecular weight excluding hydrogens is 306 g/mol. The van der Waals surface area contributed by atoms with E-state index in [1.165, 1.54) is 0 Å². The molecule has 0 atom stereocenters. The van der Waals surface area contributed by atoms with Gasteiger partial charge in [-0.15, -0.1) is 15.3 Å². The Balaban J connectivity index is 1.35. The van der Waals surface area contributed by atoms with Crippen molar-refractivity contribution in [2.45, 2.75) is 19.8 Å². The van der Waals surface area contributed by atoms with Crippen LogP contribution in [-0.2, 0) is 0 Å². The van der Waals surface area contributed by atoms with E-state index in [-0.39, 0.29) is 0 Å². The first kappa shape index (κ1) is 14.8. The summed E-state index contributed by atoms with van der Waals surface area (Å²) >= 11 is 0.